The first kappa shape index (κ1) is 30.4. The van der Waals surface area contributed by atoms with E-state index in [1.54, 1.807) is 0 Å². The van der Waals surface area contributed by atoms with Crippen LogP contribution < -0.4 is 0 Å². The molecule has 0 aromatic heterocycles. The molecule has 4 saturated carbocycles. The minimum absolute atomic E-state index is 0.0709. The molecule has 0 bridgehead atoms. The Bertz CT molecular complexity index is 758. The number of rotatable bonds is 12. The number of fused-ring (bicyclic) bond motifs is 5. The van der Waals surface area contributed by atoms with Crippen molar-refractivity contribution >= 4 is 5.97 Å². The van der Waals surface area contributed by atoms with E-state index in [1.165, 1.54) is 77.0 Å². The van der Waals surface area contributed by atoms with E-state index in [2.05, 4.69) is 48.5 Å². The van der Waals surface area contributed by atoms with Gasteiger partial charge >= 0.3 is 5.97 Å². The molecule has 0 heterocycles. The molecule has 38 heavy (non-hydrogen) atoms. The molecule has 4 aliphatic rings. The zero-order valence-electron chi connectivity index (χ0n) is 26.5. The van der Waals surface area contributed by atoms with Crippen molar-refractivity contribution in [2.24, 2.45) is 58.2 Å². The van der Waals surface area contributed by atoms with Gasteiger partial charge in [0.05, 0.1) is 0 Å². The van der Waals surface area contributed by atoms with Gasteiger partial charge in [0.1, 0.15) is 6.10 Å². The highest BCUT2D eigenvalue weighted by Gasteiger charge is 2.60. The summed E-state index contributed by atoms with van der Waals surface area (Å²) in [5.41, 5.74) is 1.05. The summed E-state index contributed by atoms with van der Waals surface area (Å²) in [6.45, 7) is 17.5. The van der Waals surface area contributed by atoms with E-state index in [-0.39, 0.29) is 12.1 Å². The predicted octanol–water partition coefficient (Wildman–Crippen LogP) is 10.6. The fourth-order valence-corrected chi connectivity index (χ4v) is 10.9. The van der Waals surface area contributed by atoms with E-state index in [9.17, 15) is 4.79 Å². The first-order valence-electron chi connectivity index (χ1n) is 17.3. The van der Waals surface area contributed by atoms with E-state index >= 15 is 0 Å². The molecular weight excluding hydrogens is 464 g/mol. The van der Waals surface area contributed by atoms with Gasteiger partial charge in [0.25, 0.3) is 0 Å². The molecular formula is C36H64O2. The Morgan fingerprint density at radius 2 is 1.58 bits per heavy atom. The molecule has 0 radical (unpaired) electrons. The van der Waals surface area contributed by atoms with Crippen LogP contribution in [0.2, 0.25) is 0 Å². The molecule has 4 rings (SSSR count). The van der Waals surface area contributed by atoms with Gasteiger partial charge in [0, 0.05) is 6.42 Å². The third-order valence-corrected chi connectivity index (χ3v) is 13.4. The predicted molar refractivity (Wildman–Crippen MR) is 161 cm³/mol. The van der Waals surface area contributed by atoms with Crippen molar-refractivity contribution in [2.45, 2.75) is 164 Å². The van der Waals surface area contributed by atoms with E-state index < -0.39 is 0 Å². The Balaban J connectivity index is 1.33. The summed E-state index contributed by atoms with van der Waals surface area (Å²) in [5, 5.41) is 0. The van der Waals surface area contributed by atoms with Gasteiger partial charge in [-0.05, 0) is 129 Å². The van der Waals surface area contributed by atoms with E-state index in [0.717, 1.165) is 73.0 Å². The van der Waals surface area contributed by atoms with Crippen LogP contribution in [0.1, 0.15) is 158 Å². The van der Waals surface area contributed by atoms with Crippen molar-refractivity contribution in [3.8, 4) is 0 Å². The summed E-state index contributed by atoms with van der Waals surface area (Å²) in [6, 6.07) is 0. The van der Waals surface area contributed by atoms with E-state index in [4.69, 9.17) is 4.74 Å². The number of ether oxygens (including phenoxy) is 1. The third-order valence-electron chi connectivity index (χ3n) is 13.4. The van der Waals surface area contributed by atoms with Crippen LogP contribution in [0.15, 0.2) is 0 Å². The van der Waals surface area contributed by atoms with Crippen molar-refractivity contribution in [1.29, 1.82) is 0 Å². The SMILES string of the molecule is CCCCCCC(=O)O[C@H]1CC[C@@]2(C)[C@@H](CC[C@@H]3[C@@H]2CC[C@]2(C)[C@@H]([C@H](C)CC[C@@H](CC)C(C)C)CC[C@@H]32)C1. The monoisotopic (exact) mass is 528 g/mol. The molecule has 2 heteroatoms. The number of carbonyl (C=O) groups excluding carboxylic acids is 1. The zero-order chi connectivity index (χ0) is 27.5. The molecule has 10 atom stereocenters. The normalized spacial score (nSPS) is 40.2. The highest BCUT2D eigenvalue weighted by Crippen LogP contribution is 2.68. The van der Waals surface area contributed by atoms with E-state index in [0.29, 0.717) is 17.3 Å². The topological polar surface area (TPSA) is 26.3 Å². The van der Waals surface area contributed by atoms with Crippen molar-refractivity contribution in [1.82, 2.24) is 0 Å². The van der Waals surface area contributed by atoms with Crippen LogP contribution in [0.5, 0.6) is 0 Å². The molecule has 220 valence electrons. The Morgan fingerprint density at radius 1 is 0.842 bits per heavy atom. The second-order valence-corrected chi connectivity index (χ2v) is 15.5. The fraction of sp³-hybridized carbons (Fsp3) is 0.972. The number of hydrogen-bond acceptors (Lipinski definition) is 2. The number of hydrogen-bond donors (Lipinski definition) is 0. The number of unbranched alkanes of at least 4 members (excludes halogenated alkanes) is 3. The lowest BCUT2D eigenvalue weighted by Gasteiger charge is -2.61. The van der Waals surface area contributed by atoms with Crippen molar-refractivity contribution < 1.29 is 9.53 Å². The zero-order valence-corrected chi connectivity index (χ0v) is 26.5. The summed E-state index contributed by atoms with van der Waals surface area (Å²) in [4.78, 5) is 12.5. The average Bonchev–Trinajstić information content (AvgIpc) is 3.24. The maximum Gasteiger partial charge on any atom is 0.306 e. The highest BCUT2D eigenvalue weighted by atomic mass is 16.5. The molecule has 0 unspecified atom stereocenters. The Hall–Kier alpha value is -0.530. The summed E-state index contributed by atoms with van der Waals surface area (Å²) in [7, 11) is 0. The maximum atomic E-state index is 12.5. The lowest BCUT2D eigenvalue weighted by Crippen LogP contribution is -2.54. The summed E-state index contributed by atoms with van der Waals surface area (Å²) in [5.74, 6) is 7.20. The molecule has 4 aliphatic carbocycles. The smallest absolute Gasteiger partial charge is 0.306 e. The lowest BCUT2D eigenvalue weighted by atomic mass is 9.44. The molecule has 4 fully saturated rings. The number of esters is 1. The fourth-order valence-electron chi connectivity index (χ4n) is 10.9. The van der Waals surface area contributed by atoms with Gasteiger partial charge in [-0.15, -0.1) is 0 Å². The van der Waals surface area contributed by atoms with Crippen LogP contribution in [-0.2, 0) is 9.53 Å². The molecule has 0 amide bonds. The van der Waals surface area contributed by atoms with Crippen LogP contribution in [0.4, 0.5) is 0 Å². The van der Waals surface area contributed by atoms with Crippen LogP contribution >= 0.6 is 0 Å². The van der Waals surface area contributed by atoms with Crippen molar-refractivity contribution in [3.63, 3.8) is 0 Å². The van der Waals surface area contributed by atoms with Crippen LogP contribution in [0.3, 0.4) is 0 Å². The minimum Gasteiger partial charge on any atom is -0.462 e. The van der Waals surface area contributed by atoms with Gasteiger partial charge in [0.15, 0.2) is 0 Å². The first-order chi connectivity index (χ1) is 18.1. The second-order valence-electron chi connectivity index (χ2n) is 15.5. The Labute approximate surface area is 237 Å². The Morgan fingerprint density at radius 3 is 2.29 bits per heavy atom. The molecule has 2 nitrogen and oxygen atoms in total. The molecule has 0 N–H and O–H groups in total. The molecule has 0 aliphatic heterocycles. The largest absolute Gasteiger partial charge is 0.462 e. The van der Waals surface area contributed by atoms with Crippen molar-refractivity contribution in [2.75, 3.05) is 0 Å². The van der Waals surface area contributed by atoms with Gasteiger partial charge in [0.2, 0.25) is 0 Å². The van der Waals surface area contributed by atoms with Gasteiger partial charge < -0.3 is 4.74 Å². The summed E-state index contributed by atoms with van der Waals surface area (Å²) in [6.07, 6.45) is 21.9. The first-order valence-corrected chi connectivity index (χ1v) is 17.3. The molecule has 0 saturated heterocycles. The summed E-state index contributed by atoms with van der Waals surface area (Å²) >= 11 is 0. The van der Waals surface area contributed by atoms with Gasteiger partial charge in [-0.2, -0.15) is 0 Å². The van der Waals surface area contributed by atoms with Crippen LogP contribution in [0.25, 0.3) is 0 Å². The molecule has 0 aromatic carbocycles. The maximum absolute atomic E-state index is 12.5. The third kappa shape index (κ3) is 6.20. The average molecular weight is 529 g/mol. The highest BCUT2D eigenvalue weighted by molar-refractivity contribution is 5.69. The van der Waals surface area contributed by atoms with Gasteiger partial charge in [-0.3, -0.25) is 4.79 Å². The van der Waals surface area contributed by atoms with Gasteiger partial charge in [-0.25, -0.2) is 0 Å². The van der Waals surface area contributed by atoms with E-state index in [1.807, 2.05) is 0 Å². The molecule has 0 spiro atoms. The van der Waals surface area contributed by atoms with Crippen LogP contribution in [0, 0.1) is 58.2 Å². The van der Waals surface area contributed by atoms with Crippen LogP contribution in [-0.4, -0.2) is 12.1 Å². The standard InChI is InChI=1S/C36H64O2/c1-8-10-11-12-13-34(37)38-29-20-22-35(6)28(24-29)16-17-30-32-19-18-31(36(32,7)23-21-33(30)35)26(5)14-15-27(9-2)25(3)4/h25-33H,8-24H2,1-7H3/t26-,27-,28+,29+,30+,31-,32+,33+,35+,36-/m1/s1. The minimum atomic E-state index is 0.0709. The summed E-state index contributed by atoms with van der Waals surface area (Å²) < 4.78 is 6.05. The Kier molecular flexibility index (Phi) is 10.4. The van der Waals surface area contributed by atoms with Crippen molar-refractivity contribution in [3.05, 3.63) is 0 Å². The second kappa shape index (κ2) is 13.0. The lowest BCUT2D eigenvalue weighted by molar-refractivity contribution is -0.162. The van der Waals surface area contributed by atoms with Gasteiger partial charge in [-0.1, -0.05) is 80.6 Å². The quantitative estimate of drug-likeness (QED) is 0.186. The number of carbonyl (C=O) groups is 1. The molecule has 0 aromatic rings.